The van der Waals surface area contributed by atoms with Gasteiger partial charge in [-0.3, -0.25) is 4.99 Å². The van der Waals surface area contributed by atoms with E-state index in [1.54, 1.807) is 7.11 Å². The van der Waals surface area contributed by atoms with Crippen LogP contribution in [0.25, 0.3) is 0 Å². The maximum Gasteiger partial charge on any atom is 0.191 e. The first-order valence-electron chi connectivity index (χ1n) is 8.86. The first-order chi connectivity index (χ1) is 11.6. The van der Waals surface area contributed by atoms with Gasteiger partial charge in [0.05, 0.1) is 0 Å². The van der Waals surface area contributed by atoms with Crippen molar-refractivity contribution >= 4 is 5.96 Å². The molecule has 2 rings (SSSR count). The van der Waals surface area contributed by atoms with Gasteiger partial charge < -0.3 is 24.7 Å². The second-order valence-electron chi connectivity index (χ2n) is 6.47. The predicted molar refractivity (Wildman–Crippen MR) is 97.5 cm³/mol. The van der Waals surface area contributed by atoms with Gasteiger partial charge in [-0.15, -0.1) is 0 Å². The molecule has 0 amide bonds. The standard InChI is InChI=1S/C18H32N4O2/c1-14-12-16(15(2)24-14)13-20-18(19-3)21-17-6-9-22(10-7-17)8-5-11-23-4/h12,17H,5-11,13H2,1-4H3,(H2,19,20,21). The third-order valence-corrected chi connectivity index (χ3v) is 4.56. The molecule has 136 valence electrons. The van der Waals surface area contributed by atoms with Crippen LogP contribution in [0.5, 0.6) is 0 Å². The van der Waals surface area contributed by atoms with Crippen molar-refractivity contribution in [3.8, 4) is 0 Å². The minimum absolute atomic E-state index is 0.488. The highest BCUT2D eigenvalue weighted by Crippen LogP contribution is 2.13. The van der Waals surface area contributed by atoms with Gasteiger partial charge in [-0.1, -0.05) is 0 Å². The third-order valence-electron chi connectivity index (χ3n) is 4.56. The molecule has 0 saturated carbocycles. The summed E-state index contributed by atoms with van der Waals surface area (Å²) in [5.41, 5.74) is 1.18. The summed E-state index contributed by atoms with van der Waals surface area (Å²) in [4.78, 5) is 6.87. The molecule has 0 aromatic carbocycles. The van der Waals surface area contributed by atoms with Crippen LogP contribution in [-0.4, -0.2) is 57.3 Å². The van der Waals surface area contributed by atoms with E-state index < -0.39 is 0 Å². The Morgan fingerprint density at radius 2 is 2.12 bits per heavy atom. The van der Waals surface area contributed by atoms with Crippen LogP contribution in [0.4, 0.5) is 0 Å². The molecule has 0 unspecified atom stereocenters. The molecule has 2 heterocycles. The minimum atomic E-state index is 0.488. The Labute approximate surface area is 145 Å². The first kappa shape index (κ1) is 18.8. The lowest BCUT2D eigenvalue weighted by Gasteiger charge is -2.33. The molecule has 1 aromatic rings. The molecule has 0 bridgehead atoms. The Bertz CT molecular complexity index is 519. The van der Waals surface area contributed by atoms with Crippen LogP contribution in [-0.2, 0) is 11.3 Å². The van der Waals surface area contributed by atoms with Crippen molar-refractivity contribution in [1.29, 1.82) is 0 Å². The van der Waals surface area contributed by atoms with Gasteiger partial charge in [0.25, 0.3) is 0 Å². The van der Waals surface area contributed by atoms with E-state index >= 15 is 0 Å². The van der Waals surface area contributed by atoms with Crippen LogP contribution in [0, 0.1) is 13.8 Å². The Balaban J connectivity index is 1.71. The Kier molecular flexibility index (Phi) is 7.59. The van der Waals surface area contributed by atoms with Crippen LogP contribution < -0.4 is 10.6 Å². The number of nitrogens with zero attached hydrogens (tertiary/aromatic N) is 2. The number of piperidine rings is 1. The highest BCUT2D eigenvalue weighted by molar-refractivity contribution is 5.80. The van der Waals surface area contributed by atoms with Crippen molar-refractivity contribution < 1.29 is 9.15 Å². The monoisotopic (exact) mass is 336 g/mol. The molecule has 6 heteroatoms. The van der Waals surface area contributed by atoms with Crippen molar-refractivity contribution in [2.45, 2.75) is 45.7 Å². The number of aryl methyl sites for hydroxylation is 2. The highest BCUT2D eigenvalue weighted by Gasteiger charge is 2.19. The van der Waals surface area contributed by atoms with Crippen LogP contribution in [0.1, 0.15) is 36.3 Å². The number of furan rings is 1. The Morgan fingerprint density at radius 1 is 1.38 bits per heavy atom. The van der Waals surface area contributed by atoms with E-state index in [2.05, 4.69) is 26.6 Å². The average molecular weight is 336 g/mol. The summed E-state index contributed by atoms with van der Waals surface area (Å²) in [7, 11) is 3.59. The maximum absolute atomic E-state index is 5.57. The van der Waals surface area contributed by atoms with Crippen LogP contribution in [0.3, 0.4) is 0 Å². The number of nitrogens with one attached hydrogen (secondary N) is 2. The smallest absolute Gasteiger partial charge is 0.191 e. The summed E-state index contributed by atoms with van der Waals surface area (Å²) in [6.07, 6.45) is 3.41. The first-order valence-corrected chi connectivity index (χ1v) is 8.86. The van der Waals surface area contributed by atoms with E-state index in [1.165, 1.54) is 5.56 Å². The van der Waals surface area contributed by atoms with E-state index in [1.807, 2.05) is 20.9 Å². The van der Waals surface area contributed by atoms with E-state index in [0.29, 0.717) is 6.04 Å². The molecular weight excluding hydrogens is 304 g/mol. The number of rotatable bonds is 7. The summed E-state index contributed by atoms with van der Waals surface area (Å²) in [6, 6.07) is 2.57. The van der Waals surface area contributed by atoms with Crippen molar-refractivity contribution in [3.63, 3.8) is 0 Å². The van der Waals surface area contributed by atoms with Crippen LogP contribution in [0.15, 0.2) is 15.5 Å². The van der Waals surface area contributed by atoms with Gasteiger partial charge in [-0.05, 0) is 39.2 Å². The van der Waals surface area contributed by atoms with Gasteiger partial charge in [0.15, 0.2) is 5.96 Å². The number of likely N-dealkylation sites (tertiary alicyclic amines) is 1. The number of methoxy groups -OCH3 is 1. The fourth-order valence-electron chi connectivity index (χ4n) is 3.16. The lowest BCUT2D eigenvalue weighted by Crippen LogP contribution is -2.48. The maximum atomic E-state index is 5.57. The summed E-state index contributed by atoms with van der Waals surface area (Å²) < 4.78 is 10.7. The van der Waals surface area contributed by atoms with Gasteiger partial charge >= 0.3 is 0 Å². The van der Waals surface area contributed by atoms with Gasteiger partial charge in [-0.25, -0.2) is 0 Å². The van der Waals surface area contributed by atoms with Crippen molar-refractivity contribution in [2.75, 3.05) is 40.4 Å². The summed E-state index contributed by atoms with van der Waals surface area (Å²) in [6.45, 7) is 8.97. The molecule has 6 nitrogen and oxygen atoms in total. The van der Waals surface area contributed by atoms with Crippen molar-refractivity contribution in [3.05, 3.63) is 23.2 Å². The highest BCUT2D eigenvalue weighted by atomic mass is 16.5. The minimum Gasteiger partial charge on any atom is -0.466 e. The zero-order chi connectivity index (χ0) is 17.4. The topological polar surface area (TPSA) is 62.0 Å². The summed E-state index contributed by atoms with van der Waals surface area (Å²) >= 11 is 0. The number of aliphatic imine (C=N–C) groups is 1. The third kappa shape index (κ3) is 5.83. The summed E-state index contributed by atoms with van der Waals surface area (Å²) in [5, 5.41) is 6.94. The number of hydrogen-bond acceptors (Lipinski definition) is 4. The SMILES string of the molecule is CN=C(NCc1cc(C)oc1C)NC1CCN(CCCOC)CC1. The Hall–Kier alpha value is -1.53. The molecule has 0 spiro atoms. The molecule has 0 radical (unpaired) electrons. The van der Waals surface area contributed by atoms with Gasteiger partial charge in [0.2, 0.25) is 0 Å². The lowest BCUT2D eigenvalue weighted by molar-refractivity contribution is 0.155. The molecule has 1 fully saturated rings. The molecular formula is C18H32N4O2. The number of hydrogen-bond donors (Lipinski definition) is 2. The largest absolute Gasteiger partial charge is 0.466 e. The van der Waals surface area contributed by atoms with Crippen molar-refractivity contribution in [1.82, 2.24) is 15.5 Å². The molecule has 24 heavy (non-hydrogen) atoms. The lowest BCUT2D eigenvalue weighted by atomic mass is 10.1. The van der Waals surface area contributed by atoms with Crippen LogP contribution >= 0.6 is 0 Å². The van der Waals surface area contributed by atoms with E-state index in [-0.39, 0.29) is 0 Å². The molecule has 0 atom stereocenters. The van der Waals surface area contributed by atoms with Gasteiger partial charge in [0.1, 0.15) is 11.5 Å². The average Bonchev–Trinajstić information content (AvgIpc) is 2.90. The summed E-state index contributed by atoms with van der Waals surface area (Å²) in [5.74, 6) is 2.79. The fraction of sp³-hybridized carbons (Fsp3) is 0.722. The number of guanidine groups is 1. The number of ether oxygens (including phenoxy) is 1. The molecule has 1 saturated heterocycles. The van der Waals surface area contributed by atoms with Crippen LogP contribution in [0.2, 0.25) is 0 Å². The molecule has 0 aliphatic carbocycles. The second kappa shape index (κ2) is 9.69. The molecule has 1 aliphatic rings. The van der Waals surface area contributed by atoms with Gasteiger partial charge in [-0.2, -0.15) is 0 Å². The molecule has 1 aromatic heterocycles. The zero-order valence-corrected chi connectivity index (χ0v) is 15.5. The quantitative estimate of drug-likeness (QED) is 0.453. The molecule has 1 aliphatic heterocycles. The van der Waals surface area contributed by atoms with E-state index in [0.717, 1.165) is 69.5 Å². The van der Waals surface area contributed by atoms with Crippen molar-refractivity contribution in [2.24, 2.45) is 4.99 Å². The van der Waals surface area contributed by atoms with Gasteiger partial charge in [0, 0.05) is 58.5 Å². The molecule has 2 N–H and O–H groups in total. The Morgan fingerprint density at radius 3 is 2.71 bits per heavy atom. The zero-order valence-electron chi connectivity index (χ0n) is 15.5. The second-order valence-corrected chi connectivity index (χ2v) is 6.47. The van der Waals surface area contributed by atoms with E-state index in [9.17, 15) is 0 Å². The van der Waals surface area contributed by atoms with E-state index in [4.69, 9.17) is 9.15 Å². The normalized spacial score (nSPS) is 17.2. The fourth-order valence-corrected chi connectivity index (χ4v) is 3.16. The predicted octanol–water partition coefficient (Wildman–Crippen LogP) is 2.06.